The van der Waals surface area contributed by atoms with Gasteiger partial charge >= 0.3 is 0 Å². The Morgan fingerprint density at radius 2 is 2.36 bits per heavy atom. The molecule has 0 spiro atoms. The summed E-state index contributed by atoms with van der Waals surface area (Å²) in [6.07, 6.45) is 0.710. The average molecular weight is 190 g/mol. The van der Waals surface area contributed by atoms with Gasteiger partial charge in [-0.3, -0.25) is 0 Å². The Balaban J connectivity index is 2.62. The Kier molecular flexibility index (Phi) is 2.02. The van der Waals surface area contributed by atoms with Crippen LogP contribution in [0.15, 0.2) is 12.1 Å². The monoisotopic (exact) mass is 190 g/mol. The van der Waals surface area contributed by atoms with Crippen molar-refractivity contribution < 1.29 is 9.84 Å². The van der Waals surface area contributed by atoms with Crippen LogP contribution in [0.1, 0.15) is 23.6 Å². The summed E-state index contributed by atoms with van der Waals surface area (Å²) in [6, 6.07) is 4.76. The van der Waals surface area contributed by atoms with Gasteiger partial charge in [0, 0.05) is 24.1 Å². The van der Waals surface area contributed by atoms with E-state index in [9.17, 15) is 5.11 Å². The van der Waals surface area contributed by atoms with Gasteiger partial charge in [-0.1, -0.05) is 0 Å². The molecule has 1 atom stereocenters. The Bertz CT molecular complexity index is 409. The van der Waals surface area contributed by atoms with Crippen molar-refractivity contribution >= 4 is 0 Å². The third-order valence-corrected chi connectivity index (χ3v) is 2.30. The van der Waals surface area contributed by atoms with E-state index in [1.165, 1.54) is 6.07 Å². The molecule has 4 heteroatoms. The van der Waals surface area contributed by atoms with Crippen LogP contribution >= 0.6 is 0 Å². The first-order valence-electron chi connectivity index (χ1n) is 4.37. The molecule has 1 aliphatic rings. The van der Waals surface area contributed by atoms with Crippen LogP contribution in [-0.4, -0.2) is 11.7 Å². The molecule has 1 aromatic carbocycles. The SMILES string of the molecule is N#Cc1cc(O)cc2c1OCC[C@@H]2N. The van der Waals surface area contributed by atoms with Gasteiger partial charge in [0.05, 0.1) is 12.2 Å². The van der Waals surface area contributed by atoms with Gasteiger partial charge in [0.2, 0.25) is 0 Å². The van der Waals surface area contributed by atoms with Crippen LogP contribution in [0.2, 0.25) is 0 Å². The Morgan fingerprint density at radius 3 is 3.07 bits per heavy atom. The molecular formula is C10H10N2O2. The molecule has 0 amide bonds. The molecule has 0 radical (unpaired) electrons. The van der Waals surface area contributed by atoms with Crippen molar-refractivity contribution in [2.24, 2.45) is 5.73 Å². The van der Waals surface area contributed by atoms with Crippen molar-refractivity contribution in [3.8, 4) is 17.6 Å². The molecule has 0 saturated carbocycles. The molecule has 3 N–H and O–H groups in total. The number of phenols is 1. The van der Waals surface area contributed by atoms with Gasteiger partial charge in [-0.05, 0) is 6.07 Å². The highest BCUT2D eigenvalue weighted by Gasteiger charge is 2.21. The second kappa shape index (κ2) is 3.20. The number of nitrogens with zero attached hydrogens (tertiary/aromatic N) is 1. The molecule has 2 rings (SSSR count). The second-order valence-corrected chi connectivity index (χ2v) is 3.27. The van der Waals surface area contributed by atoms with Crippen molar-refractivity contribution in [3.05, 3.63) is 23.3 Å². The second-order valence-electron chi connectivity index (χ2n) is 3.27. The molecular weight excluding hydrogens is 180 g/mol. The smallest absolute Gasteiger partial charge is 0.142 e. The van der Waals surface area contributed by atoms with Gasteiger partial charge in [-0.2, -0.15) is 5.26 Å². The minimum atomic E-state index is -0.155. The highest BCUT2D eigenvalue weighted by Crippen LogP contribution is 2.36. The van der Waals surface area contributed by atoms with E-state index in [4.69, 9.17) is 15.7 Å². The van der Waals surface area contributed by atoms with E-state index in [1.807, 2.05) is 6.07 Å². The number of ether oxygens (including phenoxy) is 1. The first kappa shape index (κ1) is 8.85. The minimum Gasteiger partial charge on any atom is -0.508 e. The number of aromatic hydroxyl groups is 1. The van der Waals surface area contributed by atoms with E-state index in [-0.39, 0.29) is 11.8 Å². The number of benzene rings is 1. The largest absolute Gasteiger partial charge is 0.508 e. The van der Waals surface area contributed by atoms with E-state index in [0.29, 0.717) is 29.9 Å². The summed E-state index contributed by atoms with van der Waals surface area (Å²) >= 11 is 0. The highest BCUT2D eigenvalue weighted by molar-refractivity contribution is 5.54. The Hall–Kier alpha value is -1.73. The zero-order valence-electron chi connectivity index (χ0n) is 7.53. The minimum absolute atomic E-state index is 0.0567. The van der Waals surface area contributed by atoms with Gasteiger partial charge in [-0.25, -0.2) is 0 Å². The van der Waals surface area contributed by atoms with Gasteiger partial charge in [0.25, 0.3) is 0 Å². The van der Waals surface area contributed by atoms with Crippen molar-refractivity contribution in [3.63, 3.8) is 0 Å². The lowest BCUT2D eigenvalue weighted by atomic mass is 9.98. The van der Waals surface area contributed by atoms with Gasteiger partial charge in [-0.15, -0.1) is 0 Å². The fourth-order valence-corrected chi connectivity index (χ4v) is 1.60. The normalized spacial score (nSPS) is 19.3. The van der Waals surface area contributed by atoms with Crippen LogP contribution in [-0.2, 0) is 0 Å². The van der Waals surface area contributed by atoms with E-state index in [1.54, 1.807) is 6.07 Å². The lowest BCUT2D eigenvalue weighted by Crippen LogP contribution is -2.21. The fraction of sp³-hybridized carbons (Fsp3) is 0.300. The number of phenolic OH excluding ortho intramolecular Hbond substituents is 1. The summed E-state index contributed by atoms with van der Waals surface area (Å²) < 4.78 is 5.36. The number of nitrogens with two attached hydrogens (primary N) is 1. The Labute approximate surface area is 81.5 Å². The van der Waals surface area contributed by atoms with E-state index in [2.05, 4.69) is 0 Å². The van der Waals surface area contributed by atoms with Crippen LogP contribution < -0.4 is 10.5 Å². The van der Waals surface area contributed by atoms with E-state index in [0.717, 1.165) is 0 Å². The predicted octanol–water partition coefficient (Wildman–Crippen LogP) is 1.05. The summed E-state index contributed by atoms with van der Waals surface area (Å²) in [5.74, 6) is 0.574. The molecule has 1 aromatic rings. The number of rotatable bonds is 0. The zero-order valence-corrected chi connectivity index (χ0v) is 7.53. The van der Waals surface area contributed by atoms with Crippen molar-refractivity contribution in [1.82, 2.24) is 0 Å². The van der Waals surface area contributed by atoms with Crippen LogP contribution in [0.3, 0.4) is 0 Å². The van der Waals surface area contributed by atoms with Crippen LogP contribution in [0, 0.1) is 11.3 Å². The quantitative estimate of drug-likeness (QED) is 0.640. The molecule has 0 aliphatic carbocycles. The Morgan fingerprint density at radius 1 is 1.57 bits per heavy atom. The van der Waals surface area contributed by atoms with Crippen LogP contribution in [0.4, 0.5) is 0 Å². The van der Waals surface area contributed by atoms with E-state index < -0.39 is 0 Å². The number of nitriles is 1. The first-order chi connectivity index (χ1) is 6.72. The summed E-state index contributed by atoms with van der Waals surface area (Å²) in [6.45, 7) is 0.521. The van der Waals surface area contributed by atoms with Crippen LogP contribution in [0.5, 0.6) is 11.5 Å². The average Bonchev–Trinajstić information content (AvgIpc) is 2.18. The summed E-state index contributed by atoms with van der Waals surface area (Å²) in [5, 5.41) is 18.2. The first-order valence-corrected chi connectivity index (χ1v) is 4.37. The molecule has 0 unspecified atom stereocenters. The van der Waals surface area contributed by atoms with Crippen molar-refractivity contribution in [2.75, 3.05) is 6.61 Å². The number of hydrogen-bond donors (Lipinski definition) is 2. The molecule has 1 aliphatic heterocycles. The standard InChI is InChI=1S/C10H10N2O2/c11-5-6-3-7(13)4-8-9(12)1-2-14-10(6)8/h3-4,9,13H,1-2,12H2/t9-/m0/s1. The number of hydrogen-bond acceptors (Lipinski definition) is 4. The third kappa shape index (κ3) is 1.28. The molecule has 0 fully saturated rings. The van der Waals surface area contributed by atoms with Crippen molar-refractivity contribution in [1.29, 1.82) is 5.26 Å². The van der Waals surface area contributed by atoms with Gasteiger partial charge in [0.1, 0.15) is 17.6 Å². The molecule has 1 heterocycles. The molecule has 72 valence electrons. The molecule has 0 aromatic heterocycles. The maximum Gasteiger partial charge on any atom is 0.142 e. The molecule has 0 saturated heterocycles. The van der Waals surface area contributed by atoms with Crippen LogP contribution in [0.25, 0.3) is 0 Å². The van der Waals surface area contributed by atoms with Gasteiger partial charge < -0.3 is 15.6 Å². The molecule has 14 heavy (non-hydrogen) atoms. The zero-order chi connectivity index (χ0) is 10.1. The predicted molar refractivity (Wildman–Crippen MR) is 49.9 cm³/mol. The van der Waals surface area contributed by atoms with E-state index >= 15 is 0 Å². The van der Waals surface area contributed by atoms with Gasteiger partial charge in [0.15, 0.2) is 0 Å². The number of fused-ring (bicyclic) bond motifs is 1. The molecule has 4 nitrogen and oxygen atoms in total. The summed E-state index contributed by atoms with van der Waals surface area (Å²) in [7, 11) is 0. The lowest BCUT2D eigenvalue weighted by Gasteiger charge is -2.23. The topological polar surface area (TPSA) is 79.3 Å². The lowest BCUT2D eigenvalue weighted by molar-refractivity contribution is 0.267. The molecule has 0 bridgehead atoms. The maximum atomic E-state index is 9.36. The fourth-order valence-electron chi connectivity index (χ4n) is 1.60. The maximum absolute atomic E-state index is 9.36. The van der Waals surface area contributed by atoms with Crippen molar-refractivity contribution in [2.45, 2.75) is 12.5 Å². The third-order valence-electron chi connectivity index (χ3n) is 2.30. The highest BCUT2D eigenvalue weighted by atomic mass is 16.5. The summed E-state index contributed by atoms with van der Waals surface area (Å²) in [4.78, 5) is 0. The summed E-state index contributed by atoms with van der Waals surface area (Å²) in [5.41, 5.74) is 6.90.